The van der Waals surface area contributed by atoms with Crippen molar-refractivity contribution in [2.45, 2.75) is 51.6 Å². The van der Waals surface area contributed by atoms with Crippen LogP contribution in [0.3, 0.4) is 0 Å². The van der Waals surface area contributed by atoms with Crippen LogP contribution in [0.2, 0.25) is 5.02 Å². The van der Waals surface area contributed by atoms with Crippen molar-refractivity contribution in [3.8, 4) is 22.6 Å². The molecule has 5 rings (SSSR count). The molecule has 0 unspecified atom stereocenters. The van der Waals surface area contributed by atoms with E-state index in [1.807, 2.05) is 48.7 Å². The normalized spacial score (nSPS) is 17.8. The van der Waals surface area contributed by atoms with Gasteiger partial charge < -0.3 is 25.3 Å². The van der Waals surface area contributed by atoms with E-state index in [4.69, 9.17) is 27.8 Å². The van der Waals surface area contributed by atoms with E-state index in [0.29, 0.717) is 33.1 Å². The average molecular weight is 519 g/mol. The number of fused-ring (bicyclic) bond motifs is 1. The summed E-state index contributed by atoms with van der Waals surface area (Å²) in [5.41, 5.74) is 16.3. The number of carbonyl (C=O) groups is 1. The fourth-order valence-electron chi connectivity index (χ4n) is 5.33. The second kappa shape index (κ2) is 9.72. The maximum atomic E-state index is 13.4. The Morgan fingerprint density at radius 2 is 1.76 bits per heavy atom. The molecular formula is C29H31ClN4O3. The van der Waals surface area contributed by atoms with Gasteiger partial charge in [-0.15, -0.1) is 0 Å². The quantitative estimate of drug-likeness (QED) is 0.358. The summed E-state index contributed by atoms with van der Waals surface area (Å²) in [7, 11) is 1.73. The second-order valence-corrected chi connectivity index (χ2v) is 10.5. The number of aryl methyl sites for hydroxylation is 3. The van der Waals surface area contributed by atoms with Crippen LogP contribution in [0, 0.1) is 13.8 Å². The third kappa shape index (κ3) is 4.77. The molecule has 0 radical (unpaired) electrons. The highest BCUT2D eigenvalue weighted by Gasteiger charge is 2.28. The number of ether oxygens (including phenoxy) is 1. The first-order valence-electron chi connectivity index (χ1n) is 12.5. The van der Waals surface area contributed by atoms with E-state index >= 15 is 0 Å². The van der Waals surface area contributed by atoms with Gasteiger partial charge in [-0.05, 0) is 86.6 Å². The van der Waals surface area contributed by atoms with E-state index in [9.17, 15) is 9.59 Å². The number of primary amides is 1. The lowest BCUT2D eigenvalue weighted by Gasteiger charge is -2.29. The zero-order valence-electron chi connectivity index (χ0n) is 21.3. The monoisotopic (exact) mass is 518 g/mol. The molecule has 37 heavy (non-hydrogen) atoms. The van der Waals surface area contributed by atoms with Gasteiger partial charge in [0, 0.05) is 41.3 Å². The number of halogens is 1. The number of aromatic nitrogens is 2. The van der Waals surface area contributed by atoms with Crippen molar-refractivity contribution in [2.24, 2.45) is 18.5 Å². The molecule has 1 saturated carbocycles. The van der Waals surface area contributed by atoms with Gasteiger partial charge >= 0.3 is 0 Å². The fraction of sp³-hybridized carbons (Fsp3) is 0.310. The highest BCUT2D eigenvalue weighted by atomic mass is 35.5. The highest BCUT2D eigenvalue weighted by Crippen LogP contribution is 2.37. The smallest absolute Gasteiger partial charge is 0.274 e. The number of hydrogen-bond acceptors (Lipinski definition) is 4. The minimum Gasteiger partial charge on any atom is -0.457 e. The van der Waals surface area contributed by atoms with Crippen LogP contribution in [0.15, 0.2) is 53.5 Å². The second-order valence-electron chi connectivity index (χ2n) is 10.1. The molecule has 4 N–H and O–H groups in total. The van der Waals surface area contributed by atoms with Crippen molar-refractivity contribution in [1.29, 1.82) is 0 Å². The Kier molecular flexibility index (Phi) is 6.60. The number of nitrogens with zero attached hydrogens (tertiary/aromatic N) is 2. The molecular weight excluding hydrogens is 488 g/mol. The van der Waals surface area contributed by atoms with Crippen molar-refractivity contribution in [2.75, 3.05) is 0 Å². The SMILES string of the molecule is Cc1cc(Oc2ccc(C)c(Cl)c2)cc(-c2cn(C)c(=O)c3c2cc(C(N)=O)n3C2CCC(N)CC2)c1. The minimum absolute atomic E-state index is 0.00885. The van der Waals surface area contributed by atoms with Gasteiger partial charge in [0.1, 0.15) is 22.7 Å². The van der Waals surface area contributed by atoms with Gasteiger partial charge in [0.15, 0.2) is 0 Å². The van der Waals surface area contributed by atoms with E-state index < -0.39 is 5.91 Å². The predicted molar refractivity (Wildman–Crippen MR) is 148 cm³/mol. The molecule has 0 bridgehead atoms. The molecule has 2 heterocycles. The molecule has 0 aliphatic heterocycles. The zero-order chi connectivity index (χ0) is 26.4. The molecule has 0 atom stereocenters. The van der Waals surface area contributed by atoms with Crippen molar-refractivity contribution in [3.63, 3.8) is 0 Å². The molecule has 1 aliphatic carbocycles. The molecule has 2 aromatic heterocycles. The van der Waals surface area contributed by atoms with Crippen LogP contribution >= 0.6 is 11.6 Å². The van der Waals surface area contributed by atoms with Crippen LogP contribution in [-0.2, 0) is 7.05 Å². The van der Waals surface area contributed by atoms with Crippen molar-refractivity contribution in [3.05, 3.63) is 80.9 Å². The number of amides is 1. The highest BCUT2D eigenvalue weighted by molar-refractivity contribution is 6.31. The third-order valence-electron chi connectivity index (χ3n) is 7.27. The third-order valence-corrected chi connectivity index (χ3v) is 7.68. The van der Waals surface area contributed by atoms with E-state index in [2.05, 4.69) is 0 Å². The first kappa shape index (κ1) is 25.1. The standard InChI is InChI=1S/C29H31ClN4O3/c1-16-10-18(12-22(11-16)37-21-9-4-17(2)25(30)13-21)24-15-33(3)29(36)27-23(24)14-26(28(32)35)34(27)20-7-5-19(31)6-8-20/h4,9-15,19-20H,5-8,31H2,1-3H3,(H2,32,35). The van der Waals surface area contributed by atoms with Gasteiger partial charge in [-0.3, -0.25) is 9.59 Å². The number of pyridine rings is 1. The van der Waals surface area contributed by atoms with Gasteiger partial charge in [0.2, 0.25) is 0 Å². The van der Waals surface area contributed by atoms with Gasteiger partial charge in [-0.1, -0.05) is 23.7 Å². The number of benzene rings is 2. The molecule has 2 aromatic carbocycles. The summed E-state index contributed by atoms with van der Waals surface area (Å²) in [6.07, 6.45) is 5.06. The van der Waals surface area contributed by atoms with Gasteiger partial charge in [-0.25, -0.2) is 0 Å². The molecule has 4 aromatic rings. The topological polar surface area (TPSA) is 105 Å². The zero-order valence-corrected chi connectivity index (χ0v) is 22.0. The summed E-state index contributed by atoms with van der Waals surface area (Å²) in [5, 5.41) is 1.33. The largest absolute Gasteiger partial charge is 0.457 e. The average Bonchev–Trinajstić information content (AvgIpc) is 3.25. The number of rotatable bonds is 5. The summed E-state index contributed by atoms with van der Waals surface area (Å²) in [6, 6.07) is 13.4. The van der Waals surface area contributed by atoms with E-state index in [-0.39, 0.29) is 17.6 Å². The number of hydrogen-bond donors (Lipinski definition) is 2. The first-order chi connectivity index (χ1) is 17.6. The Hall–Kier alpha value is -3.55. The summed E-state index contributed by atoms with van der Waals surface area (Å²) in [6.45, 7) is 3.93. The molecule has 1 fully saturated rings. The van der Waals surface area contributed by atoms with Crippen molar-refractivity contribution < 1.29 is 9.53 Å². The van der Waals surface area contributed by atoms with E-state index in [1.54, 1.807) is 29.9 Å². The molecule has 7 nitrogen and oxygen atoms in total. The fourth-order valence-corrected chi connectivity index (χ4v) is 5.50. The number of carbonyl (C=O) groups excluding carboxylic acids is 1. The van der Waals surface area contributed by atoms with E-state index in [1.165, 1.54) is 0 Å². The Morgan fingerprint density at radius 3 is 2.43 bits per heavy atom. The van der Waals surface area contributed by atoms with Gasteiger partial charge in [-0.2, -0.15) is 0 Å². The lowest BCUT2D eigenvalue weighted by atomic mass is 9.91. The van der Waals surface area contributed by atoms with Gasteiger partial charge in [0.25, 0.3) is 11.5 Å². The van der Waals surface area contributed by atoms with Crippen molar-refractivity contribution >= 4 is 28.4 Å². The number of nitrogens with two attached hydrogens (primary N) is 2. The summed E-state index contributed by atoms with van der Waals surface area (Å²) >= 11 is 6.29. The van der Waals surface area contributed by atoms with Crippen LogP contribution in [-0.4, -0.2) is 21.1 Å². The minimum atomic E-state index is -0.552. The summed E-state index contributed by atoms with van der Waals surface area (Å²) < 4.78 is 9.58. The van der Waals surface area contributed by atoms with E-state index in [0.717, 1.165) is 47.9 Å². The Balaban J connectivity index is 1.67. The Morgan fingerprint density at radius 1 is 1.03 bits per heavy atom. The lowest BCUT2D eigenvalue weighted by Crippen LogP contribution is -2.31. The predicted octanol–water partition coefficient (Wildman–Crippen LogP) is 5.61. The molecule has 8 heteroatoms. The summed E-state index contributed by atoms with van der Waals surface area (Å²) in [4.78, 5) is 26.0. The van der Waals surface area contributed by atoms with Crippen LogP contribution < -0.4 is 21.8 Å². The Labute approximate surface area is 220 Å². The van der Waals surface area contributed by atoms with Crippen LogP contribution in [0.1, 0.15) is 53.3 Å². The van der Waals surface area contributed by atoms with Crippen LogP contribution in [0.4, 0.5) is 0 Å². The maximum Gasteiger partial charge on any atom is 0.274 e. The molecule has 0 spiro atoms. The molecule has 1 amide bonds. The van der Waals surface area contributed by atoms with Crippen LogP contribution in [0.5, 0.6) is 11.5 Å². The van der Waals surface area contributed by atoms with Crippen LogP contribution in [0.25, 0.3) is 22.0 Å². The molecule has 1 aliphatic rings. The van der Waals surface area contributed by atoms with Gasteiger partial charge in [0.05, 0.1) is 0 Å². The first-order valence-corrected chi connectivity index (χ1v) is 12.9. The lowest BCUT2D eigenvalue weighted by molar-refractivity contribution is 0.0988. The summed E-state index contributed by atoms with van der Waals surface area (Å²) in [5.74, 6) is 0.728. The molecule has 0 saturated heterocycles. The Bertz CT molecular complexity index is 1580. The van der Waals surface area contributed by atoms with Crippen molar-refractivity contribution in [1.82, 2.24) is 9.13 Å². The molecule has 192 valence electrons. The maximum absolute atomic E-state index is 13.4.